The fourth-order valence-electron chi connectivity index (χ4n) is 3.24. The standard InChI is InChI=1S/C24H38N4O6/c1-7-8-13-28(20(21(31)26-15(2)3)16-9-11-17(29)12-10-16)22(32)18(14-19(25)30)27-23(33)34-24(4,5)6/h9-12,15,18,20,29H,7-8,13-14H2,1-6H3,(H2,25,30)(H,26,31)(H,27,33). The lowest BCUT2D eigenvalue weighted by atomic mass is 10.0. The van der Waals surface area contributed by atoms with Crippen molar-refractivity contribution < 1.29 is 29.0 Å². The van der Waals surface area contributed by atoms with E-state index < -0.39 is 47.9 Å². The summed E-state index contributed by atoms with van der Waals surface area (Å²) >= 11 is 0. The van der Waals surface area contributed by atoms with Crippen LogP contribution in [0, 0.1) is 0 Å². The minimum absolute atomic E-state index is 0.0106. The number of aromatic hydroxyl groups is 1. The van der Waals surface area contributed by atoms with E-state index in [9.17, 15) is 24.3 Å². The van der Waals surface area contributed by atoms with Gasteiger partial charge in [0.2, 0.25) is 17.7 Å². The molecule has 1 rings (SSSR count). The second kappa shape index (κ2) is 12.8. The number of rotatable bonds is 11. The van der Waals surface area contributed by atoms with Crippen LogP contribution in [0.4, 0.5) is 4.79 Å². The molecule has 1 aromatic carbocycles. The molecule has 0 heterocycles. The number of benzene rings is 1. The number of hydrogen-bond donors (Lipinski definition) is 4. The molecule has 34 heavy (non-hydrogen) atoms. The van der Waals surface area contributed by atoms with Gasteiger partial charge in [-0.25, -0.2) is 4.79 Å². The second-order valence-corrected chi connectivity index (χ2v) is 9.41. The molecule has 2 unspecified atom stereocenters. The molecular formula is C24H38N4O6. The molecule has 0 fully saturated rings. The van der Waals surface area contributed by atoms with Gasteiger partial charge in [0.25, 0.3) is 0 Å². The van der Waals surface area contributed by atoms with Crippen LogP contribution in [-0.2, 0) is 19.1 Å². The number of primary amides is 1. The van der Waals surface area contributed by atoms with Crippen LogP contribution < -0.4 is 16.4 Å². The summed E-state index contributed by atoms with van der Waals surface area (Å²) in [4.78, 5) is 52.4. The molecule has 10 heteroatoms. The van der Waals surface area contributed by atoms with E-state index in [-0.39, 0.29) is 18.3 Å². The van der Waals surface area contributed by atoms with Crippen LogP contribution in [0.25, 0.3) is 0 Å². The summed E-state index contributed by atoms with van der Waals surface area (Å²) < 4.78 is 5.24. The first-order valence-electron chi connectivity index (χ1n) is 11.4. The van der Waals surface area contributed by atoms with Crippen molar-refractivity contribution in [2.75, 3.05) is 6.54 Å². The van der Waals surface area contributed by atoms with Crippen molar-refractivity contribution in [3.8, 4) is 5.75 Å². The van der Waals surface area contributed by atoms with Gasteiger partial charge in [0.05, 0.1) is 6.42 Å². The number of ether oxygens (including phenoxy) is 1. The maximum absolute atomic E-state index is 13.7. The van der Waals surface area contributed by atoms with Gasteiger partial charge < -0.3 is 31.1 Å². The predicted octanol–water partition coefficient (Wildman–Crippen LogP) is 2.36. The van der Waals surface area contributed by atoms with Gasteiger partial charge in [0.1, 0.15) is 23.4 Å². The third-order valence-electron chi connectivity index (χ3n) is 4.63. The highest BCUT2D eigenvalue weighted by atomic mass is 16.6. The number of alkyl carbamates (subject to hydrolysis) is 1. The van der Waals surface area contributed by atoms with Crippen molar-refractivity contribution in [1.82, 2.24) is 15.5 Å². The molecule has 10 nitrogen and oxygen atoms in total. The van der Waals surface area contributed by atoms with Crippen LogP contribution in [0.15, 0.2) is 24.3 Å². The lowest BCUT2D eigenvalue weighted by Gasteiger charge is -2.34. The molecule has 0 saturated heterocycles. The number of hydrogen-bond acceptors (Lipinski definition) is 6. The van der Waals surface area contributed by atoms with E-state index in [4.69, 9.17) is 10.5 Å². The summed E-state index contributed by atoms with van der Waals surface area (Å²) in [5.41, 5.74) is 5.00. The third-order valence-corrected chi connectivity index (χ3v) is 4.63. The molecule has 4 amide bonds. The van der Waals surface area contributed by atoms with Crippen molar-refractivity contribution in [2.45, 2.75) is 84.5 Å². The van der Waals surface area contributed by atoms with E-state index >= 15 is 0 Å². The minimum Gasteiger partial charge on any atom is -0.508 e. The van der Waals surface area contributed by atoms with Gasteiger partial charge >= 0.3 is 6.09 Å². The Kier molecular flexibility index (Phi) is 10.8. The summed E-state index contributed by atoms with van der Waals surface area (Å²) in [5, 5.41) is 14.9. The van der Waals surface area contributed by atoms with Gasteiger partial charge in [-0.05, 0) is 58.7 Å². The van der Waals surface area contributed by atoms with E-state index in [0.717, 1.165) is 6.42 Å². The molecule has 1 aromatic rings. The molecule has 2 atom stereocenters. The molecule has 5 N–H and O–H groups in total. The Morgan fingerprint density at radius 1 is 1.09 bits per heavy atom. The van der Waals surface area contributed by atoms with E-state index in [1.54, 1.807) is 46.8 Å². The lowest BCUT2D eigenvalue weighted by molar-refractivity contribution is -0.143. The number of carbonyl (C=O) groups is 4. The van der Waals surface area contributed by atoms with E-state index in [1.807, 2.05) is 6.92 Å². The zero-order valence-corrected chi connectivity index (χ0v) is 20.9. The number of nitrogens with zero attached hydrogens (tertiary/aromatic N) is 1. The van der Waals surface area contributed by atoms with Crippen LogP contribution in [0.1, 0.15) is 72.4 Å². The zero-order chi connectivity index (χ0) is 26.1. The number of amides is 4. The highest BCUT2D eigenvalue weighted by Crippen LogP contribution is 2.25. The number of nitrogens with two attached hydrogens (primary N) is 1. The van der Waals surface area contributed by atoms with Crippen molar-refractivity contribution in [3.05, 3.63) is 29.8 Å². The topological polar surface area (TPSA) is 151 Å². The molecule has 0 aromatic heterocycles. The van der Waals surface area contributed by atoms with Gasteiger partial charge in [-0.2, -0.15) is 0 Å². The zero-order valence-electron chi connectivity index (χ0n) is 20.9. The highest BCUT2D eigenvalue weighted by molar-refractivity contribution is 5.94. The summed E-state index contributed by atoms with van der Waals surface area (Å²) in [6.45, 7) is 10.7. The Labute approximate surface area is 201 Å². The average Bonchev–Trinajstić information content (AvgIpc) is 2.68. The Bertz CT molecular complexity index is 848. The smallest absolute Gasteiger partial charge is 0.408 e. The van der Waals surface area contributed by atoms with Gasteiger partial charge in [-0.15, -0.1) is 0 Å². The lowest BCUT2D eigenvalue weighted by Crippen LogP contribution is -2.54. The summed E-state index contributed by atoms with van der Waals surface area (Å²) in [6, 6.07) is 3.37. The van der Waals surface area contributed by atoms with E-state index in [1.165, 1.54) is 17.0 Å². The summed E-state index contributed by atoms with van der Waals surface area (Å²) in [5.74, 6) is -1.86. The van der Waals surface area contributed by atoms with Crippen LogP contribution in [0.2, 0.25) is 0 Å². The molecule has 0 saturated carbocycles. The van der Waals surface area contributed by atoms with E-state index in [2.05, 4.69) is 10.6 Å². The Balaban J connectivity index is 3.44. The monoisotopic (exact) mass is 478 g/mol. The fraction of sp³-hybridized carbons (Fsp3) is 0.583. The van der Waals surface area contributed by atoms with Crippen LogP contribution in [-0.4, -0.2) is 58.1 Å². The Morgan fingerprint density at radius 3 is 2.15 bits per heavy atom. The predicted molar refractivity (Wildman–Crippen MR) is 128 cm³/mol. The molecular weight excluding hydrogens is 440 g/mol. The number of unbranched alkanes of at least 4 members (excludes halogenated alkanes) is 1. The van der Waals surface area contributed by atoms with Crippen molar-refractivity contribution in [2.24, 2.45) is 5.73 Å². The number of carbonyl (C=O) groups excluding carboxylic acids is 4. The first kappa shape index (κ1) is 28.7. The first-order chi connectivity index (χ1) is 15.7. The summed E-state index contributed by atoms with van der Waals surface area (Å²) in [7, 11) is 0. The molecule has 0 aliphatic rings. The maximum Gasteiger partial charge on any atom is 0.408 e. The van der Waals surface area contributed by atoms with E-state index in [0.29, 0.717) is 12.0 Å². The molecule has 190 valence electrons. The van der Waals surface area contributed by atoms with Gasteiger partial charge in [-0.1, -0.05) is 25.5 Å². The van der Waals surface area contributed by atoms with Gasteiger partial charge in [-0.3, -0.25) is 14.4 Å². The number of phenolic OH excluding ortho intramolecular Hbond substituents is 1. The molecule has 0 aliphatic carbocycles. The van der Waals surface area contributed by atoms with Crippen LogP contribution in [0.5, 0.6) is 5.75 Å². The van der Waals surface area contributed by atoms with Crippen molar-refractivity contribution in [3.63, 3.8) is 0 Å². The fourth-order valence-corrected chi connectivity index (χ4v) is 3.24. The normalized spacial score (nSPS) is 13.0. The quantitative estimate of drug-likeness (QED) is 0.383. The first-order valence-corrected chi connectivity index (χ1v) is 11.4. The number of phenols is 1. The summed E-state index contributed by atoms with van der Waals surface area (Å²) in [6.07, 6.45) is -0.0344. The highest BCUT2D eigenvalue weighted by Gasteiger charge is 2.36. The Hall–Kier alpha value is -3.30. The average molecular weight is 479 g/mol. The van der Waals surface area contributed by atoms with Crippen LogP contribution in [0.3, 0.4) is 0 Å². The van der Waals surface area contributed by atoms with Crippen LogP contribution >= 0.6 is 0 Å². The number of nitrogens with one attached hydrogen (secondary N) is 2. The Morgan fingerprint density at radius 2 is 1.68 bits per heavy atom. The minimum atomic E-state index is -1.32. The SMILES string of the molecule is CCCCN(C(=O)C(CC(N)=O)NC(=O)OC(C)(C)C)C(C(=O)NC(C)C)c1ccc(O)cc1. The molecule has 0 radical (unpaired) electrons. The van der Waals surface area contributed by atoms with Gasteiger partial charge in [0.15, 0.2) is 0 Å². The molecule has 0 spiro atoms. The van der Waals surface area contributed by atoms with Gasteiger partial charge in [0, 0.05) is 12.6 Å². The third kappa shape index (κ3) is 9.68. The van der Waals surface area contributed by atoms with Crippen molar-refractivity contribution >= 4 is 23.8 Å². The largest absolute Gasteiger partial charge is 0.508 e. The second-order valence-electron chi connectivity index (χ2n) is 9.41. The molecule has 0 aliphatic heterocycles. The van der Waals surface area contributed by atoms with Crippen molar-refractivity contribution in [1.29, 1.82) is 0 Å². The maximum atomic E-state index is 13.7. The molecule has 0 bridgehead atoms.